The maximum atomic E-state index is 4.85. The largest absolute Gasteiger partial charge is 0.306 e. The first-order valence-corrected chi connectivity index (χ1v) is 8.24. The van der Waals surface area contributed by atoms with Crippen LogP contribution in [0, 0.1) is 5.92 Å². The molecule has 1 unspecified atom stereocenters. The molecule has 1 saturated heterocycles. The predicted molar refractivity (Wildman–Crippen MR) is 86.1 cm³/mol. The Bertz CT molecular complexity index is 747. The van der Waals surface area contributed by atoms with Crippen LogP contribution in [0.15, 0.2) is 35.8 Å². The molecule has 0 N–H and O–H groups in total. The van der Waals surface area contributed by atoms with Crippen LogP contribution in [0.5, 0.6) is 0 Å². The zero-order chi connectivity index (χ0) is 14.2. The summed E-state index contributed by atoms with van der Waals surface area (Å²) in [5.74, 6) is 1.84. The van der Waals surface area contributed by atoms with Crippen molar-refractivity contribution < 1.29 is 0 Å². The minimum atomic E-state index is 0.700. The first-order chi connectivity index (χ1) is 10.3. The molecular weight excluding hydrogens is 280 g/mol. The van der Waals surface area contributed by atoms with Gasteiger partial charge in [0.15, 0.2) is 5.65 Å². The molecule has 1 aliphatic heterocycles. The fourth-order valence-electron chi connectivity index (χ4n) is 3.18. The van der Waals surface area contributed by atoms with Crippen molar-refractivity contribution >= 4 is 22.5 Å². The Balaban J connectivity index is 1.78. The van der Waals surface area contributed by atoms with Gasteiger partial charge in [-0.05, 0) is 55.6 Å². The lowest BCUT2D eigenvalue weighted by molar-refractivity contribution is 0.392. The summed E-state index contributed by atoms with van der Waals surface area (Å²) in [6.07, 6.45) is 4.14. The fourth-order valence-corrected chi connectivity index (χ4v) is 3.93. The molecule has 1 atom stereocenters. The molecule has 4 heterocycles. The number of likely N-dealkylation sites (tertiary alicyclic amines) is 1. The first kappa shape index (κ1) is 13.0. The second kappa shape index (κ2) is 5.24. The highest BCUT2D eigenvalue weighted by molar-refractivity contribution is 7.12. The van der Waals surface area contributed by atoms with Crippen LogP contribution in [0.1, 0.15) is 12.2 Å². The van der Waals surface area contributed by atoms with E-state index < -0.39 is 0 Å². The van der Waals surface area contributed by atoms with E-state index in [0.717, 1.165) is 23.4 Å². The molecule has 0 spiro atoms. The Labute approximate surface area is 128 Å². The normalized spacial score (nSPS) is 19.6. The fraction of sp³-hybridized carbons (Fsp3) is 0.375. The predicted octanol–water partition coefficient (Wildman–Crippen LogP) is 2.98. The molecule has 5 heteroatoms. The third-order valence-corrected chi connectivity index (χ3v) is 5.03. The number of pyridine rings is 1. The summed E-state index contributed by atoms with van der Waals surface area (Å²) in [5, 5.41) is 3.31. The first-order valence-electron chi connectivity index (χ1n) is 7.36. The highest BCUT2D eigenvalue weighted by atomic mass is 32.1. The highest BCUT2D eigenvalue weighted by Crippen LogP contribution is 2.26. The number of fused-ring (bicyclic) bond motifs is 1. The van der Waals surface area contributed by atoms with Crippen LogP contribution in [0.25, 0.3) is 16.2 Å². The summed E-state index contributed by atoms with van der Waals surface area (Å²) in [6.45, 7) is 2.36. The van der Waals surface area contributed by atoms with E-state index in [2.05, 4.69) is 45.1 Å². The average Bonchev–Trinajstić information content (AvgIpc) is 3.18. The molecule has 1 aliphatic rings. The molecule has 0 saturated carbocycles. The van der Waals surface area contributed by atoms with Crippen molar-refractivity contribution in [1.29, 1.82) is 0 Å². The van der Waals surface area contributed by atoms with Gasteiger partial charge in [-0.3, -0.25) is 4.57 Å². The van der Waals surface area contributed by atoms with Crippen molar-refractivity contribution in [2.24, 2.45) is 5.92 Å². The molecule has 0 amide bonds. The van der Waals surface area contributed by atoms with E-state index in [-0.39, 0.29) is 0 Å². The standard InChI is InChI=1S/C16H18N4S/c1-19-8-6-12(11-19)10-14-18-13-4-2-7-17-16(13)20(14)15-5-3-9-21-15/h2-5,7,9,12H,6,8,10-11H2,1H3. The molecule has 3 aromatic heterocycles. The van der Waals surface area contributed by atoms with Crippen LogP contribution in [0.4, 0.5) is 0 Å². The Morgan fingerprint density at radius 1 is 1.33 bits per heavy atom. The summed E-state index contributed by atoms with van der Waals surface area (Å²) in [7, 11) is 2.20. The van der Waals surface area contributed by atoms with Gasteiger partial charge in [-0.25, -0.2) is 9.97 Å². The van der Waals surface area contributed by atoms with Crippen LogP contribution in [0.2, 0.25) is 0 Å². The lowest BCUT2D eigenvalue weighted by Gasteiger charge is -2.11. The van der Waals surface area contributed by atoms with Crippen molar-refractivity contribution in [3.63, 3.8) is 0 Å². The van der Waals surface area contributed by atoms with Gasteiger partial charge in [-0.15, -0.1) is 11.3 Å². The second-order valence-electron chi connectivity index (χ2n) is 5.78. The molecule has 0 aromatic carbocycles. The molecule has 21 heavy (non-hydrogen) atoms. The van der Waals surface area contributed by atoms with E-state index in [1.54, 1.807) is 11.3 Å². The Hall–Kier alpha value is -1.72. The van der Waals surface area contributed by atoms with Crippen molar-refractivity contribution in [3.05, 3.63) is 41.7 Å². The lowest BCUT2D eigenvalue weighted by atomic mass is 10.0. The maximum absolute atomic E-state index is 4.85. The average molecular weight is 298 g/mol. The van der Waals surface area contributed by atoms with Gasteiger partial charge < -0.3 is 4.90 Å². The van der Waals surface area contributed by atoms with Crippen molar-refractivity contribution in [2.45, 2.75) is 12.8 Å². The Morgan fingerprint density at radius 3 is 3.05 bits per heavy atom. The van der Waals surface area contributed by atoms with Gasteiger partial charge in [0.1, 0.15) is 16.3 Å². The summed E-state index contributed by atoms with van der Waals surface area (Å²) < 4.78 is 2.23. The Morgan fingerprint density at radius 2 is 2.29 bits per heavy atom. The lowest BCUT2D eigenvalue weighted by Crippen LogP contribution is -2.16. The number of nitrogens with zero attached hydrogens (tertiary/aromatic N) is 4. The van der Waals surface area contributed by atoms with Crippen molar-refractivity contribution in [2.75, 3.05) is 20.1 Å². The van der Waals surface area contributed by atoms with Gasteiger partial charge in [0, 0.05) is 19.2 Å². The van der Waals surface area contributed by atoms with E-state index in [0.29, 0.717) is 5.92 Å². The molecule has 108 valence electrons. The molecule has 3 aromatic rings. The Kier molecular flexibility index (Phi) is 3.24. The number of hydrogen-bond acceptors (Lipinski definition) is 4. The van der Waals surface area contributed by atoms with Crippen molar-refractivity contribution in [1.82, 2.24) is 19.4 Å². The van der Waals surface area contributed by atoms with Crippen LogP contribution in [0.3, 0.4) is 0 Å². The number of hydrogen-bond donors (Lipinski definition) is 0. The minimum Gasteiger partial charge on any atom is -0.306 e. The van der Waals surface area contributed by atoms with Crippen LogP contribution in [-0.2, 0) is 6.42 Å². The number of aromatic nitrogens is 3. The van der Waals surface area contributed by atoms with Crippen LogP contribution in [-0.4, -0.2) is 39.6 Å². The van der Waals surface area contributed by atoms with Gasteiger partial charge in [-0.2, -0.15) is 0 Å². The number of rotatable bonds is 3. The summed E-state index contributed by atoms with van der Waals surface area (Å²) in [5.41, 5.74) is 1.97. The van der Waals surface area contributed by atoms with Crippen molar-refractivity contribution in [3.8, 4) is 5.00 Å². The van der Waals surface area contributed by atoms with Gasteiger partial charge in [0.25, 0.3) is 0 Å². The minimum absolute atomic E-state index is 0.700. The van der Waals surface area contributed by atoms with Gasteiger partial charge in [0.05, 0.1) is 0 Å². The van der Waals surface area contributed by atoms with Gasteiger partial charge >= 0.3 is 0 Å². The molecule has 0 bridgehead atoms. The quantitative estimate of drug-likeness (QED) is 0.745. The van der Waals surface area contributed by atoms with Crippen LogP contribution < -0.4 is 0 Å². The van der Waals surface area contributed by atoms with E-state index >= 15 is 0 Å². The molecule has 4 nitrogen and oxygen atoms in total. The van der Waals surface area contributed by atoms with E-state index in [9.17, 15) is 0 Å². The third-order valence-electron chi connectivity index (χ3n) is 4.17. The third kappa shape index (κ3) is 2.36. The van der Waals surface area contributed by atoms with E-state index in [1.165, 1.54) is 24.5 Å². The second-order valence-corrected chi connectivity index (χ2v) is 6.71. The topological polar surface area (TPSA) is 34.0 Å². The number of imidazole rings is 1. The molecule has 0 radical (unpaired) electrons. The zero-order valence-electron chi connectivity index (χ0n) is 12.1. The molecule has 1 fully saturated rings. The SMILES string of the molecule is CN1CCC(Cc2nc3cccnc3n2-c2cccs2)C1. The smallest absolute Gasteiger partial charge is 0.165 e. The molecular formula is C16H18N4S. The van der Waals surface area contributed by atoms with Gasteiger partial charge in [0.2, 0.25) is 0 Å². The summed E-state index contributed by atoms with van der Waals surface area (Å²) >= 11 is 1.74. The zero-order valence-corrected chi connectivity index (χ0v) is 12.9. The monoisotopic (exact) mass is 298 g/mol. The van der Waals surface area contributed by atoms with E-state index in [1.807, 2.05) is 12.3 Å². The summed E-state index contributed by atoms with van der Waals surface area (Å²) in [6, 6.07) is 8.24. The number of thiophene rings is 1. The van der Waals surface area contributed by atoms with Gasteiger partial charge in [-0.1, -0.05) is 0 Å². The van der Waals surface area contributed by atoms with Crippen LogP contribution >= 0.6 is 11.3 Å². The van der Waals surface area contributed by atoms with E-state index in [4.69, 9.17) is 4.98 Å². The molecule has 4 rings (SSSR count). The highest BCUT2D eigenvalue weighted by Gasteiger charge is 2.23. The maximum Gasteiger partial charge on any atom is 0.165 e. The summed E-state index contributed by atoms with van der Waals surface area (Å²) in [4.78, 5) is 11.8. The molecule has 0 aliphatic carbocycles.